The second kappa shape index (κ2) is 10.6. The van der Waals surface area contributed by atoms with Crippen LogP contribution in [-0.2, 0) is 9.59 Å². The molecule has 0 spiro atoms. The van der Waals surface area contributed by atoms with E-state index in [0.29, 0.717) is 0 Å². The molecular weight excluding hydrogens is 244 g/mol. The minimum absolute atomic E-state index is 0.246. The number of carbonyl (C=O) groups is 2. The second-order valence-corrected chi connectivity index (χ2v) is 5.03. The molecular formula is C15H26O4. The zero-order valence-electron chi connectivity index (χ0n) is 12.0. The molecule has 0 heterocycles. The molecule has 4 nitrogen and oxygen atoms in total. The molecule has 2 unspecified atom stereocenters. The molecule has 0 amide bonds. The average molecular weight is 270 g/mol. The Morgan fingerprint density at radius 1 is 1.11 bits per heavy atom. The maximum Gasteiger partial charge on any atom is 0.307 e. The smallest absolute Gasteiger partial charge is 0.307 e. The minimum atomic E-state index is -1.06. The van der Waals surface area contributed by atoms with Gasteiger partial charge in [-0.15, -0.1) is 0 Å². The van der Waals surface area contributed by atoms with E-state index < -0.39 is 17.9 Å². The number of carboxylic acids is 2. The third kappa shape index (κ3) is 9.28. The molecule has 0 aliphatic carbocycles. The van der Waals surface area contributed by atoms with Crippen molar-refractivity contribution in [3.05, 3.63) is 12.2 Å². The summed E-state index contributed by atoms with van der Waals surface area (Å²) in [6.07, 6.45) is 10.5. The lowest BCUT2D eigenvalue weighted by molar-refractivity contribution is -0.149. The van der Waals surface area contributed by atoms with Crippen molar-refractivity contribution in [1.82, 2.24) is 0 Å². The predicted octanol–water partition coefficient (Wildman–Crippen LogP) is 3.71. The summed E-state index contributed by atoms with van der Waals surface area (Å²) >= 11 is 0. The maximum absolute atomic E-state index is 11.0. The monoisotopic (exact) mass is 270 g/mol. The van der Waals surface area contributed by atoms with Crippen LogP contribution in [0.4, 0.5) is 0 Å². The predicted molar refractivity (Wildman–Crippen MR) is 75.1 cm³/mol. The van der Waals surface area contributed by atoms with E-state index in [1.165, 1.54) is 25.7 Å². The molecule has 0 saturated heterocycles. The Labute approximate surface area is 115 Å². The lowest BCUT2D eigenvalue weighted by Crippen LogP contribution is -2.23. The highest BCUT2D eigenvalue weighted by Crippen LogP contribution is 2.18. The second-order valence-electron chi connectivity index (χ2n) is 5.03. The number of allylic oxidation sites excluding steroid dienone is 2. The molecule has 19 heavy (non-hydrogen) atoms. The molecule has 0 aromatic carbocycles. The van der Waals surface area contributed by atoms with Crippen LogP contribution in [-0.4, -0.2) is 22.2 Å². The minimum Gasteiger partial charge on any atom is -0.481 e. The standard InChI is InChI=1S/C15H26O4/c1-3-4-5-6-7-8-9-10-12(2)13(15(18)19)11-14(16)17/h9-10,12-13H,3-8,11H2,1-2H3,(H,16,17)(H,18,19)/b10-9+. The highest BCUT2D eigenvalue weighted by molar-refractivity contribution is 5.78. The highest BCUT2D eigenvalue weighted by atomic mass is 16.4. The van der Waals surface area contributed by atoms with E-state index in [0.717, 1.165) is 12.8 Å². The van der Waals surface area contributed by atoms with Crippen LogP contribution in [0.15, 0.2) is 12.2 Å². The van der Waals surface area contributed by atoms with Gasteiger partial charge < -0.3 is 10.2 Å². The van der Waals surface area contributed by atoms with Crippen molar-refractivity contribution in [2.45, 2.75) is 58.8 Å². The first-order valence-corrected chi connectivity index (χ1v) is 7.10. The van der Waals surface area contributed by atoms with Gasteiger partial charge in [0.1, 0.15) is 0 Å². The van der Waals surface area contributed by atoms with Gasteiger partial charge in [-0.3, -0.25) is 9.59 Å². The van der Waals surface area contributed by atoms with Gasteiger partial charge in [-0.2, -0.15) is 0 Å². The van der Waals surface area contributed by atoms with Gasteiger partial charge >= 0.3 is 11.9 Å². The van der Waals surface area contributed by atoms with E-state index in [9.17, 15) is 9.59 Å². The van der Waals surface area contributed by atoms with Crippen molar-refractivity contribution in [2.24, 2.45) is 11.8 Å². The van der Waals surface area contributed by atoms with Crippen LogP contribution in [0.1, 0.15) is 58.8 Å². The zero-order chi connectivity index (χ0) is 14.7. The number of unbranched alkanes of at least 4 members (excludes halogenated alkanes) is 5. The zero-order valence-corrected chi connectivity index (χ0v) is 12.0. The molecule has 0 aromatic heterocycles. The molecule has 0 aliphatic heterocycles. The van der Waals surface area contributed by atoms with Gasteiger partial charge in [-0.25, -0.2) is 0 Å². The van der Waals surface area contributed by atoms with Crippen LogP contribution in [0.5, 0.6) is 0 Å². The molecule has 4 heteroatoms. The van der Waals surface area contributed by atoms with Gasteiger partial charge in [0.05, 0.1) is 12.3 Å². The molecule has 0 rings (SSSR count). The molecule has 2 N–H and O–H groups in total. The SMILES string of the molecule is CCCCCCC/C=C/C(C)C(CC(=O)O)C(=O)O. The van der Waals surface area contributed by atoms with Crippen molar-refractivity contribution in [1.29, 1.82) is 0 Å². The van der Waals surface area contributed by atoms with Crippen LogP contribution in [0.3, 0.4) is 0 Å². The highest BCUT2D eigenvalue weighted by Gasteiger charge is 2.25. The summed E-state index contributed by atoms with van der Waals surface area (Å²) in [6, 6.07) is 0. The van der Waals surface area contributed by atoms with E-state index in [2.05, 4.69) is 6.92 Å². The summed E-state index contributed by atoms with van der Waals surface area (Å²) < 4.78 is 0. The third-order valence-electron chi connectivity index (χ3n) is 3.26. The van der Waals surface area contributed by atoms with Gasteiger partial charge in [0, 0.05) is 0 Å². The molecule has 0 radical (unpaired) electrons. The van der Waals surface area contributed by atoms with Gasteiger partial charge in [-0.1, -0.05) is 51.7 Å². The number of hydrogen-bond acceptors (Lipinski definition) is 2. The first-order valence-electron chi connectivity index (χ1n) is 7.10. The van der Waals surface area contributed by atoms with Gasteiger partial charge in [0.25, 0.3) is 0 Å². The average Bonchev–Trinajstić information content (AvgIpc) is 2.34. The number of rotatable bonds is 11. The molecule has 0 aliphatic rings. The van der Waals surface area contributed by atoms with E-state index in [1.807, 2.05) is 12.2 Å². The first kappa shape index (κ1) is 17.7. The summed E-state index contributed by atoms with van der Waals surface area (Å²) in [5, 5.41) is 17.7. The van der Waals surface area contributed by atoms with Crippen LogP contribution < -0.4 is 0 Å². The molecule has 0 saturated carbocycles. The van der Waals surface area contributed by atoms with Crippen molar-refractivity contribution in [3.8, 4) is 0 Å². The number of hydrogen-bond donors (Lipinski definition) is 2. The van der Waals surface area contributed by atoms with E-state index >= 15 is 0 Å². The summed E-state index contributed by atoms with van der Waals surface area (Å²) in [6.45, 7) is 3.94. The van der Waals surface area contributed by atoms with E-state index in [-0.39, 0.29) is 12.3 Å². The lowest BCUT2D eigenvalue weighted by atomic mass is 9.90. The Morgan fingerprint density at radius 2 is 1.74 bits per heavy atom. The van der Waals surface area contributed by atoms with Crippen molar-refractivity contribution in [2.75, 3.05) is 0 Å². The van der Waals surface area contributed by atoms with Gasteiger partial charge in [0.2, 0.25) is 0 Å². The quantitative estimate of drug-likeness (QED) is 0.443. The summed E-state index contributed by atoms with van der Waals surface area (Å²) in [4.78, 5) is 21.6. The van der Waals surface area contributed by atoms with Gasteiger partial charge in [0.15, 0.2) is 0 Å². The molecule has 2 atom stereocenters. The molecule has 0 aromatic rings. The number of carboxylic acid groups (broad SMARTS) is 2. The number of aliphatic carboxylic acids is 2. The fourth-order valence-corrected chi connectivity index (χ4v) is 2.00. The van der Waals surface area contributed by atoms with Crippen molar-refractivity contribution in [3.63, 3.8) is 0 Å². The van der Waals surface area contributed by atoms with Crippen LogP contribution in [0, 0.1) is 11.8 Å². The molecule has 0 fully saturated rings. The Morgan fingerprint density at radius 3 is 2.26 bits per heavy atom. The van der Waals surface area contributed by atoms with Crippen molar-refractivity contribution < 1.29 is 19.8 Å². The summed E-state index contributed by atoms with van der Waals surface area (Å²) in [5.74, 6) is -3.19. The first-order chi connectivity index (χ1) is 8.99. The lowest BCUT2D eigenvalue weighted by Gasteiger charge is -2.14. The Kier molecular flexibility index (Phi) is 9.85. The molecule has 0 bridgehead atoms. The topological polar surface area (TPSA) is 74.6 Å². The van der Waals surface area contributed by atoms with E-state index in [1.54, 1.807) is 6.92 Å². The van der Waals surface area contributed by atoms with Crippen molar-refractivity contribution >= 4 is 11.9 Å². The Hall–Kier alpha value is -1.32. The largest absolute Gasteiger partial charge is 0.481 e. The van der Waals surface area contributed by atoms with E-state index in [4.69, 9.17) is 10.2 Å². The van der Waals surface area contributed by atoms with Crippen LogP contribution >= 0.6 is 0 Å². The fraction of sp³-hybridized carbons (Fsp3) is 0.733. The summed E-state index contributed by atoms with van der Waals surface area (Å²) in [7, 11) is 0. The maximum atomic E-state index is 11.0. The fourth-order valence-electron chi connectivity index (χ4n) is 2.00. The van der Waals surface area contributed by atoms with Crippen LogP contribution in [0.25, 0.3) is 0 Å². The van der Waals surface area contributed by atoms with Gasteiger partial charge in [-0.05, 0) is 18.8 Å². The van der Waals surface area contributed by atoms with Crippen LogP contribution in [0.2, 0.25) is 0 Å². The Bertz CT molecular complexity index is 297. The molecule has 110 valence electrons. The Balaban J connectivity index is 4.00. The normalized spacial score (nSPS) is 14.4. The third-order valence-corrected chi connectivity index (χ3v) is 3.26. The summed E-state index contributed by atoms with van der Waals surface area (Å²) in [5.41, 5.74) is 0.